The fourth-order valence-corrected chi connectivity index (χ4v) is 1.90. The maximum atomic E-state index is 13.5. The van der Waals surface area contributed by atoms with Crippen LogP contribution in [0.25, 0.3) is 0 Å². The highest BCUT2D eigenvalue weighted by atomic mass is 19.1. The summed E-state index contributed by atoms with van der Waals surface area (Å²) in [5.74, 6) is -3.32. The number of carbonyl (C=O) groups is 1. The number of hydrazine groups is 1. The normalized spacial score (nSPS) is 10.4. The first-order chi connectivity index (χ1) is 10.3. The highest BCUT2D eigenvalue weighted by molar-refractivity contribution is 5.95. The van der Waals surface area contributed by atoms with Crippen molar-refractivity contribution in [2.75, 3.05) is 5.43 Å². The number of nitro groups is 1. The lowest BCUT2D eigenvalue weighted by Gasteiger charge is -2.09. The average Bonchev–Trinajstić information content (AvgIpc) is 2.70. The first kappa shape index (κ1) is 15.4. The van der Waals surface area contributed by atoms with Gasteiger partial charge in [-0.15, -0.1) is 0 Å². The van der Waals surface area contributed by atoms with Crippen LogP contribution in [0.3, 0.4) is 0 Å². The molecule has 1 heterocycles. The molecule has 22 heavy (non-hydrogen) atoms. The van der Waals surface area contributed by atoms with Crippen LogP contribution in [0.4, 0.5) is 20.3 Å². The molecule has 0 aliphatic heterocycles. The average molecular weight is 311 g/mol. The SMILES string of the molecule is Cc1nn(C)c(NNC(=O)c2c(F)cccc2F)c1[N+](=O)[O-]. The maximum absolute atomic E-state index is 13.5. The third kappa shape index (κ3) is 2.71. The zero-order valence-corrected chi connectivity index (χ0v) is 11.6. The van der Waals surface area contributed by atoms with Crippen molar-refractivity contribution in [3.05, 3.63) is 51.2 Å². The molecule has 0 fully saturated rings. The number of anilines is 1. The molecule has 0 bridgehead atoms. The van der Waals surface area contributed by atoms with Gasteiger partial charge in [-0.2, -0.15) is 5.10 Å². The minimum atomic E-state index is -1.11. The van der Waals surface area contributed by atoms with E-state index in [9.17, 15) is 23.7 Å². The van der Waals surface area contributed by atoms with Crippen LogP contribution in [0.5, 0.6) is 0 Å². The van der Waals surface area contributed by atoms with Gasteiger partial charge in [0, 0.05) is 7.05 Å². The highest BCUT2D eigenvalue weighted by Crippen LogP contribution is 2.26. The van der Waals surface area contributed by atoms with Gasteiger partial charge in [-0.25, -0.2) is 13.5 Å². The molecular formula is C12H11F2N5O3. The zero-order chi connectivity index (χ0) is 16.4. The van der Waals surface area contributed by atoms with E-state index in [1.165, 1.54) is 14.0 Å². The van der Waals surface area contributed by atoms with E-state index in [2.05, 4.69) is 10.5 Å². The standard InChI is InChI=1S/C12H11F2N5O3/c1-6-10(19(21)22)11(18(2)17-6)15-16-12(20)9-7(13)4-3-5-8(9)14/h3-5,15H,1-2H3,(H,16,20). The molecule has 0 saturated heterocycles. The molecule has 8 nitrogen and oxygen atoms in total. The van der Waals surface area contributed by atoms with Gasteiger partial charge in [0.15, 0.2) is 0 Å². The Balaban J connectivity index is 2.24. The first-order valence-electron chi connectivity index (χ1n) is 6.01. The summed E-state index contributed by atoms with van der Waals surface area (Å²) < 4.78 is 28.1. The summed E-state index contributed by atoms with van der Waals surface area (Å²) in [5, 5.41) is 14.8. The number of aromatic nitrogens is 2. The van der Waals surface area contributed by atoms with E-state index in [0.717, 1.165) is 22.9 Å². The number of rotatable bonds is 4. The summed E-state index contributed by atoms with van der Waals surface area (Å²) in [4.78, 5) is 22.1. The van der Waals surface area contributed by atoms with Crippen LogP contribution >= 0.6 is 0 Å². The van der Waals surface area contributed by atoms with Crippen molar-refractivity contribution in [1.82, 2.24) is 15.2 Å². The second kappa shape index (κ2) is 5.76. The quantitative estimate of drug-likeness (QED) is 0.660. The molecule has 2 rings (SSSR count). The molecule has 2 aromatic rings. The lowest BCUT2D eigenvalue weighted by atomic mass is 10.2. The van der Waals surface area contributed by atoms with Gasteiger partial charge < -0.3 is 0 Å². The summed E-state index contributed by atoms with van der Waals surface area (Å²) in [6.45, 7) is 1.42. The number of carbonyl (C=O) groups excluding carboxylic acids is 1. The van der Waals surface area contributed by atoms with Crippen LogP contribution in [-0.2, 0) is 7.05 Å². The van der Waals surface area contributed by atoms with Crippen molar-refractivity contribution >= 4 is 17.4 Å². The Morgan fingerprint density at radius 1 is 1.36 bits per heavy atom. The molecule has 1 aromatic heterocycles. The van der Waals surface area contributed by atoms with Crippen LogP contribution in [-0.4, -0.2) is 20.6 Å². The Labute approximate surface area is 122 Å². The smallest absolute Gasteiger partial charge is 0.276 e. The second-order valence-corrected chi connectivity index (χ2v) is 4.34. The third-order valence-corrected chi connectivity index (χ3v) is 2.86. The maximum Gasteiger partial charge on any atom is 0.335 e. The third-order valence-electron chi connectivity index (χ3n) is 2.86. The molecule has 0 atom stereocenters. The van der Waals surface area contributed by atoms with Crippen molar-refractivity contribution in [3.63, 3.8) is 0 Å². The number of nitrogens with one attached hydrogen (secondary N) is 2. The number of amides is 1. The molecule has 10 heteroatoms. The van der Waals surface area contributed by atoms with E-state index >= 15 is 0 Å². The monoisotopic (exact) mass is 311 g/mol. The molecule has 0 unspecified atom stereocenters. The van der Waals surface area contributed by atoms with Gasteiger partial charge in [-0.1, -0.05) is 6.07 Å². The van der Waals surface area contributed by atoms with Crippen LogP contribution < -0.4 is 10.9 Å². The predicted octanol–water partition coefficient (Wildman–Crippen LogP) is 1.67. The summed E-state index contributed by atoms with van der Waals surface area (Å²) in [7, 11) is 1.41. The van der Waals surface area contributed by atoms with Gasteiger partial charge in [-0.05, 0) is 19.1 Å². The number of hydrogen-bond donors (Lipinski definition) is 2. The fraction of sp³-hybridized carbons (Fsp3) is 0.167. The van der Waals surface area contributed by atoms with Gasteiger partial charge >= 0.3 is 5.69 Å². The van der Waals surface area contributed by atoms with Crippen LogP contribution in [0.1, 0.15) is 16.1 Å². The van der Waals surface area contributed by atoms with Gasteiger partial charge in [0.2, 0.25) is 5.82 Å². The van der Waals surface area contributed by atoms with Crippen molar-refractivity contribution in [3.8, 4) is 0 Å². The summed E-state index contributed by atoms with van der Waals surface area (Å²) in [6, 6.07) is 2.97. The fourth-order valence-electron chi connectivity index (χ4n) is 1.90. The predicted molar refractivity (Wildman–Crippen MR) is 72.0 cm³/mol. The van der Waals surface area contributed by atoms with Crippen LogP contribution in [0, 0.1) is 28.7 Å². The molecule has 2 N–H and O–H groups in total. The van der Waals surface area contributed by atoms with Gasteiger partial charge in [0.25, 0.3) is 5.91 Å². The Morgan fingerprint density at radius 2 is 1.95 bits per heavy atom. The van der Waals surface area contributed by atoms with E-state index in [-0.39, 0.29) is 17.2 Å². The summed E-state index contributed by atoms with van der Waals surface area (Å²) in [5.41, 5.74) is 3.26. The minimum absolute atomic E-state index is 0.118. The van der Waals surface area contributed by atoms with Crippen LogP contribution in [0.2, 0.25) is 0 Å². The molecule has 0 saturated carbocycles. The Bertz CT molecular complexity index is 739. The number of nitrogens with zero attached hydrogens (tertiary/aromatic N) is 3. The number of aryl methyl sites for hydroxylation is 2. The Kier molecular flexibility index (Phi) is 4.02. The molecule has 1 aromatic carbocycles. The Hall–Kier alpha value is -3.04. The molecule has 0 spiro atoms. The lowest BCUT2D eigenvalue weighted by Crippen LogP contribution is -2.32. The summed E-state index contributed by atoms with van der Waals surface area (Å²) in [6.07, 6.45) is 0. The van der Waals surface area contributed by atoms with Gasteiger partial charge in [-0.3, -0.25) is 25.8 Å². The number of hydrogen-bond acceptors (Lipinski definition) is 5. The minimum Gasteiger partial charge on any atom is -0.276 e. The number of halogens is 2. The van der Waals surface area contributed by atoms with E-state index in [4.69, 9.17) is 0 Å². The number of benzene rings is 1. The van der Waals surface area contributed by atoms with E-state index < -0.39 is 28.0 Å². The Morgan fingerprint density at radius 3 is 2.50 bits per heavy atom. The van der Waals surface area contributed by atoms with Gasteiger partial charge in [0.05, 0.1) is 4.92 Å². The molecule has 1 amide bonds. The van der Waals surface area contributed by atoms with Crippen molar-refractivity contribution in [2.24, 2.45) is 7.05 Å². The van der Waals surface area contributed by atoms with Gasteiger partial charge in [0.1, 0.15) is 22.9 Å². The lowest BCUT2D eigenvalue weighted by molar-refractivity contribution is -0.384. The van der Waals surface area contributed by atoms with Crippen molar-refractivity contribution < 1.29 is 18.5 Å². The van der Waals surface area contributed by atoms with Crippen LogP contribution in [0.15, 0.2) is 18.2 Å². The zero-order valence-electron chi connectivity index (χ0n) is 11.6. The van der Waals surface area contributed by atoms with Crippen molar-refractivity contribution in [1.29, 1.82) is 0 Å². The molecule has 0 aliphatic rings. The largest absolute Gasteiger partial charge is 0.335 e. The van der Waals surface area contributed by atoms with E-state index in [1.807, 2.05) is 5.43 Å². The first-order valence-corrected chi connectivity index (χ1v) is 6.01. The summed E-state index contributed by atoms with van der Waals surface area (Å²) >= 11 is 0. The highest BCUT2D eigenvalue weighted by Gasteiger charge is 2.25. The van der Waals surface area contributed by atoms with Crippen molar-refractivity contribution in [2.45, 2.75) is 6.92 Å². The molecule has 0 aliphatic carbocycles. The molecule has 0 radical (unpaired) electrons. The van der Waals surface area contributed by atoms with E-state index in [1.54, 1.807) is 0 Å². The molecule has 116 valence electrons. The topological polar surface area (TPSA) is 102 Å². The second-order valence-electron chi connectivity index (χ2n) is 4.34. The molecular weight excluding hydrogens is 300 g/mol. The van der Waals surface area contributed by atoms with E-state index in [0.29, 0.717) is 0 Å².